The second-order valence-electron chi connectivity index (χ2n) is 6.38. The molecule has 3 heteroatoms. The molecule has 2 aromatic rings. The van der Waals surface area contributed by atoms with Crippen molar-refractivity contribution in [2.75, 3.05) is 5.32 Å². The van der Waals surface area contributed by atoms with Gasteiger partial charge in [-0.15, -0.1) is 0 Å². The molecule has 2 aromatic carbocycles. The zero-order valence-electron chi connectivity index (χ0n) is 13.6. The highest BCUT2D eigenvalue weighted by atomic mass is 16.6. The molecule has 3 nitrogen and oxygen atoms in total. The van der Waals surface area contributed by atoms with Crippen molar-refractivity contribution in [2.45, 2.75) is 39.2 Å². The Labute approximate surface area is 132 Å². The average Bonchev–Trinajstić information content (AvgIpc) is 2.46. The molecule has 0 bridgehead atoms. The number of rotatable bonds is 3. The number of benzene rings is 2. The van der Waals surface area contributed by atoms with Crippen LogP contribution in [-0.2, 0) is 4.74 Å². The molecule has 22 heavy (non-hydrogen) atoms. The SMILES string of the molecule is C[C@H](c1ccccc1)c1ccc(NC(=O)OC(C)(C)C)cc1. The first-order valence-electron chi connectivity index (χ1n) is 7.50. The van der Waals surface area contributed by atoms with Crippen LogP contribution in [0.1, 0.15) is 44.7 Å². The molecular weight excluding hydrogens is 274 g/mol. The summed E-state index contributed by atoms with van der Waals surface area (Å²) in [4.78, 5) is 11.7. The second-order valence-corrected chi connectivity index (χ2v) is 6.38. The number of ether oxygens (including phenoxy) is 1. The topological polar surface area (TPSA) is 38.3 Å². The Bertz CT molecular complexity index is 612. The number of nitrogens with one attached hydrogen (secondary N) is 1. The second kappa shape index (κ2) is 6.65. The van der Waals surface area contributed by atoms with Crippen LogP contribution in [0, 0.1) is 0 Å². The van der Waals surface area contributed by atoms with Gasteiger partial charge in [-0.3, -0.25) is 5.32 Å². The Hall–Kier alpha value is -2.29. The number of anilines is 1. The van der Waals surface area contributed by atoms with Gasteiger partial charge in [0.1, 0.15) is 5.60 Å². The van der Waals surface area contributed by atoms with Gasteiger partial charge in [-0.25, -0.2) is 4.79 Å². The van der Waals surface area contributed by atoms with Crippen LogP contribution in [0.3, 0.4) is 0 Å². The van der Waals surface area contributed by atoms with Crippen molar-refractivity contribution in [3.63, 3.8) is 0 Å². The van der Waals surface area contributed by atoms with Gasteiger partial charge in [-0.05, 0) is 44.0 Å². The predicted molar refractivity (Wildman–Crippen MR) is 90.3 cm³/mol. The first-order chi connectivity index (χ1) is 10.3. The maximum Gasteiger partial charge on any atom is 0.412 e. The molecule has 0 spiro atoms. The molecule has 1 amide bonds. The summed E-state index contributed by atoms with van der Waals surface area (Å²) in [5, 5.41) is 2.74. The van der Waals surface area contributed by atoms with Crippen LogP contribution in [0.2, 0.25) is 0 Å². The van der Waals surface area contributed by atoms with E-state index in [1.54, 1.807) is 0 Å². The van der Waals surface area contributed by atoms with Gasteiger partial charge in [0.2, 0.25) is 0 Å². The monoisotopic (exact) mass is 297 g/mol. The van der Waals surface area contributed by atoms with Gasteiger partial charge in [-0.2, -0.15) is 0 Å². The van der Waals surface area contributed by atoms with Gasteiger partial charge in [0.05, 0.1) is 0 Å². The van der Waals surface area contributed by atoms with Crippen molar-refractivity contribution in [3.8, 4) is 0 Å². The zero-order valence-corrected chi connectivity index (χ0v) is 13.6. The normalized spacial score (nSPS) is 12.5. The Balaban J connectivity index is 2.03. The summed E-state index contributed by atoms with van der Waals surface area (Å²) >= 11 is 0. The summed E-state index contributed by atoms with van der Waals surface area (Å²) in [5.41, 5.74) is 2.72. The Morgan fingerprint density at radius 2 is 1.50 bits per heavy atom. The van der Waals surface area contributed by atoms with Crippen molar-refractivity contribution in [2.24, 2.45) is 0 Å². The maximum atomic E-state index is 11.7. The van der Waals surface area contributed by atoms with E-state index in [0.29, 0.717) is 5.92 Å². The highest BCUT2D eigenvalue weighted by Gasteiger charge is 2.16. The Morgan fingerprint density at radius 1 is 0.955 bits per heavy atom. The molecule has 116 valence electrons. The fourth-order valence-corrected chi connectivity index (χ4v) is 2.21. The summed E-state index contributed by atoms with van der Waals surface area (Å²) in [6.45, 7) is 7.71. The van der Waals surface area contributed by atoms with E-state index in [-0.39, 0.29) is 0 Å². The lowest BCUT2D eigenvalue weighted by Crippen LogP contribution is -2.27. The van der Waals surface area contributed by atoms with Crippen LogP contribution in [-0.4, -0.2) is 11.7 Å². The van der Waals surface area contributed by atoms with E-state index < -0.39 is 11.7 Å². The fourth-order valence-electron chi connectivity index (χ4n) is 2.21. The van der Waals surface area contributed by atoms with E-state index >= 15 is 0 Å². The minimum atomic E-state index is -0.494. The van der Waals surface area contributed by atoms with Crippen molar-refractivity contribution < 1.29 is 9.53 Å². The predicted octanol–water partition coefficient (Wildman–Crippen LogP) is 5.19. The molecule has 1 atom stereocenters. The molecule has 0 aromatic heterocycles. The summed E-state index contributed by atoms with van der Waals surface area (Å²) in [7, 11) is 0. The summed E-state index contributed by atoms with van der Waals surface area (Å²) < 4.78 is 5.24. The van der Waals surface area contributed by atoms with Gasteiger partial charge in [0.25, 0.3) is 0 Å². The zero-order chi connectivity index (χ0) is 16.2. The maximum absolute atomic E-state index is 11.7. The van der Waals surface area contributed by atoms with E-state index in [1.165, 1.54) is 11.1 Å². The summed E-state index contributed by atoms with van der Waals surface area (Å²) in [6, 6.07) is 18.2. The van der Waals surface area contributed by atoms with E-state index in [0.717, 1.165) is 5.69 Å². The molecule has 1 N–H and O–H groups in total. The van der Waals surface area contributed by atoms with Gasteiger partial charge < -0.3 is 4.74 Å². The minimum Gasteiger partial charge on any atom is -0.444 e. The number of hydrogen-bond acceptors (Lipinski definition) is 2. The number of hydrogen-bond donors (Lipinski definition) is 1. The molecule has 0 saturated carbocycles. The smallest absolute Gasteiger partial charge is 0.412 e. The fraction of sp³-hybridized carbons (Fsp3) is 0.316. The first kappa shape index (κ1) is 16.1. The number of carbonyl (C=O) groups excluding carboxylic acids is 1. The van der Waals surface area contributed by atoms with Gasteiger partial charge in [0, 0.05) is 11.6 Å². The lowest BCUT2D eigenvalue weighted by atomic mass is 9.93. The molecule has 0 unspecified atom stereocenters. The molecule has 0 heterocycles. The lowest BCUT2D eigenvalue weighted by molar-refractivity contribution is 0.0636. The van der Waals surface area contributed by atoms with E-state index in [1.807, 2.05) is 63.2 Å². The van der Waals surface area contributed by atoms with Crippen LogP contribution in [0.25, 0.3) is 0 Å². The molecule has 0 saturated heterocycles. The highest BCUT2D eigenvalue weighted by Crippen LogP contribution is 2.25. The quantitative estimate of drug-likeness (QED) is 0.847. The van der Waals surface area contributed by atoms with Gasteiger partial charge in [-0.1, -0.05) is 49.4 Å². The molecule has 2 rings (SSSR count). The van der Waals surface area contributed by atoms with Gasteiger partial charge in [0.15, 0.2) is 0 Å². The molecular formula is C19H23NO2. The number of carbonyl (C=O) groups is 1. The minimum absolute atomic E-state index is 0.316. The number of amides is 1. The highest BCUT2D eigenvalue weighted by molar-refractivity contribution is 5.84. The van der Waals surface area contributed by atoms with E-state index in [2.05, 4.69) is 24.4 Å². The van der Waals surface area contributed by atoms with Crippen molar-refractivity contribution in [1.29, 1.82) is 0 Å². The van der Waals surface area contributed by atoms with Crippen LogP contribution in [0.5, 0.6) is 0 Å². The summed E-state index contributed by atoms with van der Waals surface area (Å²) in [5.74, 6) is 0.316. The first-order valence-corrected chi connectivity index (χ1v) is 7.50. The van der Waals surface area contributed by atoms with Crippen molar-refractivity contribution in [1.82, 2.24) is 0 Å². The molecule has 0 fully saturated rings. The van der Waals surface area contributed by atoms with E-state index in [9.17, 15) is 4.79 Å². The van der Waals surface area contributed by atoms with Crippen molar-refractivity contribution in [3.05, 3.63) is 65.7 Å². The summed E-state index contributed by atoms with van der Waals surface area (Å²) in [6.07, 6.45) is -0.434. The Morgan fingerprint density at radius 3 is 2.05 bits per heavy atom. The lowest BCUT2D eigenvalue weighted by Gasteiger charge is -2.20. The third-order valence-electron chi connectivity index (χ3n) is 3.36. The van der Waals surface area contributed by atoms with E-state index in [4.69, 9.17) is 4.74 Å². The molecule has 0 aliphatic carbocycles. The molecule has 0 radical (unpaired) electrons. The molecule has 0 aliphatic rings. The van der Waals surface area contributed by atoms with Crippen LogP contribution in [0.4, 0.5) is 10.5 Å². The van der Waals surface area contributed by atoms with Crippen molar-refractivity contribution >= 4 is 11.8 Å². The average molecular weight is 297 g/mol. The van der Waals surface area contributed by atoms with Crippen LogP contribution in [0.15, 0.2) is 54.6 Å². The Kier molecular flexibility index (Phi) is 4.86. The van der Waals surface area contributed by atoms with Gasteiger partial charge >= 0.3 is 6.09 Å². The third-order valence-corrected chi connectivity index (χ3v) is 3.36. The largest absolute Gasteiger partial charge is 0.444 e. The van der Waals surface area contributed by atoms with Crippen LogP contribution < -0.4 is 5.32 Å². The third kappa shape index (κ3) is 4.62. The molecule has 0 aliphatic heterocycles. The standard InChI is InChI=1S/C19H23NO2/c1-14(15-8-6-5-7-9-15)16-10-12-17(13-11-16)20-18(21)22-19(2,3)4/h5-14H,1-4H3,(H,20,21)/t14-/m1/s1. The van der Waals surface area contributed by atoms with Crippen LogP contribution >= 0.6 is 0 Å².